The maximum atomic E-state index is 11.8. The minimum atomic E-state index is 0.536. The molecule has 0 unspecified atom stereocenters. The van der Waals surface area contributed by atoms with Gasteiger partial charge in [-0.2, -0.15) is 0 Å². The van der Waals surface area contributed by atoms with E-state index < -0.39 is 0 Å². The van der Waals surface area contributed by atoms with Crippen LogP contribution >= 0.6 is 0 Å². The van der Waals surface area contributed by atoms with Crippen LogP contribution in [-0.4, -0.2) is 10.7 Å². The Morgan fingerprint density at radius 1 is 0.926 bits per heavy atom. The molecule has 2 aromatic heterocycles. The van der Waals surface area contributed by atoms with Crippen LogP contribution in [0.25, 0.3) is 16.6 Å². The number of carbonyl (C=O) groups excluding carboxylic acids is 1. The molecule has 3 heteroatoms. The van der Waals surface area contributed by atoms with E-state index >= 15 is 0 Å². The number of aryl methyl sites for hydroxylation is 2. The van der Waals surface area contributed by atoms with Crippen molar-refractivity contribution in [2.45, 2.75) is 20.5 Å². The molecular formula is C24H21NO2. The third-order valence-electron chi connectivity index (χ3n) is 4.80. The second-order valence-electron chi connectivity index (χ2n) is 6.81. The third-order valence-corrected chi connectivity index (χ3v) is 4.80. The maximum Gasteiger partial charge on any atom is 0.167 e. The van der Waals surface area contributed by atoms with Crippen molar-refractivity contribution in [2.24, 2.45) is 0 Å². The summed E-state index contributed by atoms with van der Waals surface area (Å²) in [5.41, 5.74) is 7.02. The molecule has 4 rings (SSSR count). The van der Waals surface area contributed by atoms with Gasteiger partial charge in [0.1, 0.15) is 12.4 Å². The van der Waals surface area contributed by atoms with E-state index in [9.17, 15) is 4.79 Å². The van der Waals surface area contributed by atoms with Crippen LogP contribution in [-0.2, 0) is 6.61 Å². The highest BCUT2D eigenvalue weighted by Crippen LogP contribution is 2.32. The highest BCUT2D eigenvalue weighted by molar-refractivity contribution is 5.90. The zero-order chi connectivity index (χ0) is 18.8. The summed E-state index contributed by atoms with van der Waals surface area (Å²) >= 11 is 0. The predicted molar refractivity (Wildman–Crippen MR) is 108 cm³/mol. The molecule has 134 valence electrons. The molecule has 27 heavy (non-hydrogen) atoms. The average Bonchev–Trinajstić information content (AvgIpc) is 3.04. The lowest BCUT2D eigenvalue weighted by molar-refractivity contribution is 0.111. The third kappa shape index (κ3) is 3.36. The molecule has 0 N–H and O–H groups in total. The normalized spacial score (nSPS) is 10.9. The number of rotatable bonds is 5. The minimum Gasteiger partial charge on any atom is -0.489 e. The van der Waals surface area contributed by atoms with Crippen molar-refractivity contribution >= 4 is 11.8 Å². The Labute approximate surface area is 158 Å². The van der Waals surface area contributed by atoms with Crippen molar-refractivity contribution in [3.05, 3.63) is 95.3 Å². The first-order chi connectivity index (χ1) is 13.2. The molecule has 0 fully saturated rings. The summed E-state index contributed by atoms with van der Waals surface area (Å²) in [7, 11) is 0. The van der Waals surface area contributed by atoms with Gasteiger partial charge in [-0.05, 0) is 60.4 Å². The number of aromatic nitrogens is 1. The lowest BCUT2D eigenvalue weighted by Gasteiger charge is -2.10. The van der Waals surface area contributed by atoms with Gasteiger partial charge in [-0.15, -0.1) is 0 Å². The van der Waals surface area contributed by atoms with Crippen molar-refractivity contribution in [3.63, 3.8) is 0 Å². The summed E-state index contributed by atoms with van der Waals surface area (Å²) in [4.78, 5) is 11.8. The minimum absolute atomic E-state index is 0.536. The zero-order valence-electron chi connectivity index (χ0n) is 15.5. The van der Waals surface area contributed by atoms with Gasteiger partial charge in [0.05, 0.1) is 5.69 Å². The van der Waals surface area contributed by atoms with Gasteiger partial charge in [-0.3, -0.25) is 4.79 Å². The van der Waals surface area contributed by atoms with Crippen molar-refractivity contribution < 1.29 is 9.53 Å². The van der Waals surface area contributed by atoms with Gasteiger partial charge in [0.25, 0.3) is 0 Å². The van der Waals surface area contributed by atoms with Crippen LogP contribution < -0.4 is 4.74 Å². The monoisotopic (exact) mass is 355 g/mol. The Morgan fingerprint density at radius 3 is 2.48 bits per heavy atom. The first-order valence-corrected chi connectivity index (χ1v) is 9.00. The Kier molecular flexibility index (Phi) is 4.51. The van der Waals surface area contributed by atoms with Gasteiger partial charge in [0.2, 0.25) is 0 Å². The Morgan fingerprint density at radius 2 is 1.74 bits per heavy atom. The number of aldehydes is 1. The van der Waals surface area contributed by atoms with E-state index in [-0.39, 0.29) is 0 Å². The molecule has 2 heterocycles. The number of fused-ring (bicyclic) bond motifs is 1. The molecule has 0 saturated carbocycles. The first kappa shape index (κ1) is 17.1. The molecule has 0 aliphatic carbocycles. The summed E-state index contributed by atoms with van der Waals surface area (Å²) in [5, 5.41) is 0. The summed E-state index contributed by atoms with van der Waals surface area (Å²) in [5.74, 6) is 0.826. The molecule has 3 nitrogen and oxygen atoms in total. The van der Waals surface area contributed by atoms with E-state index in [0.717, 1.165) is 45.4 Å². The maximum absolute atomic E-state index is 11.8. The van der Waals surface area contributed by atoms with Crippen molar-refractivity contribution in [1.82, 2.24) is 4.40 Å². The first-order valence-electron chi connectivity index (χ1n) is 9.00. The molecule has 4 aromatic rings. The topological polar surface area (TPSA) is 30.7 Å². The number of hydrogen-bond acceptors (Lipinski definition) is 2. The molecular weight excluding hydrogens is 334 g/mol. The number of carbonyl (C=O) groups is 1. The highest BCUT2D eigenvalue weighted by Gasteiger charge is 2.14. The number of pyridine rings is 1. The van der Waals surface area contributed by atoms with Crippen LogP contribution in [0.3, 0.4) is 0 Å². The number of ether oxygens (including phenoxy) is 1. The zero-order valence-corrected chi connectivity index (χ0v) is 15.5. The fourth-order valence-electron chi connectivity index (χ4n) is 3.40. The van der Waals surface area contributed by atoms with E-state index in [1.165, 1.54) is 0 Å². The van der Waals surface area contributed by atoms with Crippen LogP contribution in [0.1, 0.15) is 27.2 Å². The molecule has 0 atom stereocenters. The molecule has 0 aliphatic heterocycles. The standard InChI is InChI=1S/C24H21NO2/c1-17-8-9-20-13-23(24(15-26)25(20)14-17)22-11-10-21(12-18(22)2)27-16-19-6-4-3-5-7-19/h3-15H,16H2,1-2H3. The quantitative estimate of drug-likeness (QED) is 0.435. The van der Waals surface area contributed by atoms with Crippen molar-refractivity contribution in [1.29, 1.82) is 0 Å². The molecule has 0 bridgehead atoms. The van der Waals surface area contributed by atoms with Crippen molar-refractivity contribution in [3.8, 4) is 16.9 Å². The van der Waals surface area contributed by atoms with Gasteiger partial charge in [0.15, 0.2) is 6.29 Å². The van der Waals surface area contributed by atoms with E-state index in [1.54, 1.807) is 0 Å². The van der Waals surface area contributed by atoms with Crippen molar-refractivity contribution in [2.75, 3.05) is 0 Å². The largest absolute Gasteiger partial charge is 0.489 e. The van der Waals surface area contributed by atoms with E-state index in [4.69, 9.17) is 4.74 Å². The Balaban J connectivity index is 1.67. The lowest BCUT2D eigenvalue weighted by atomic mass is 10.0. The van der Waals surface area contributed by atoms with E-state index in [2.05, 4.69) is 12.1 Å². The van der Waals surface area contributed by atoms with Gasteiger partial charge < -0.3 is 9.14 Å². The Bertz CT molecular complexity index is 1110. The summed E-state index contributed by atoms with van der Waals surface area (Å²) in [6.07, 6.45) is 2.93. The fourth-order valence-corrected chi connectivity index (χ4v) is 3.40. The Hall–Kier alpha value is -3.33. The van der Waals surface area contributed by atoms with Gasteiger partial charge >= 0.3 is 0 Å². The van der Waals surface area contributed by atoms with Gasteiger partial charge in [-0.1, -0.05) is 42.5 Å². The lowest BCUT2D eigenvalue weighted by Crippen LogP contribution is -1.97. The predicted octanol–water partition coefficient (Wildman–Crippen LogP) is 5.61. The summed E-state index contributed by atoms with van der Waals surface area (Å²) in [6.45, 7) is 4.61. The number of nitrogens with zero attached hydrogens (tertiary/aromatic N) is 1. The molecule has 0 aliphatic rings. The van der Waals surface area contributed by atoms with Crippen LogP contribution in [0.4, 0.5) is 0 Å². The smallest absolute Gasteiger partial charge is 0.167 e. The van der Waals surface area contributed by atoms with Gasteiger partial charge in [0, 0.05) is 17.3 Å². The fraction of sp³-hybridized carbons (Fsp3) is 0.125. The van der Waals surface area contributed by atoms with Crippen LogP contribution in [0.5, 0.6) is 5.75 Å². The van der Waals surface area contributed by atoms with Gasteiger partial charge in [-0.25, -0.2) is 0 Å². The second-order valence-corrected chi connectivity index (χ2v) is 6.81. The van der Waals surface area contributed by atoms with E-state index in [1.807, 2.05) is 79.0 Å². The number of hydrogen-bond donors (Lipinski definition) is 0. The molecule has 0 spiro atoms. The van der Waals surface area contributed by atoms with Crippen LogP contribution in [0.2, 0.25) is 0 Å². The van der Waals surface area contributed by atoms with Crippen LogP contribution in [0, 0.1) is 13.8 Å². The molecule has 2 aromatic carbocycles. The second kappa shape index (κ2) is 7.12. The molecule has 0 saturated heterocycles. The highest BCUT2D eigenvalue weighted by atomic mass is 16.5. The average molecular weight is 355 g/mol. The SMILES string of the molecule is Cc1ccc2cc(-c3ccc(OCc4ccccc4)cc3C)c(C=O)n2c1. The summed E-state index contributed by atoms with van der Waals surface area (Å²) in [6, 6.07) is 22.3. The van der Waals surface area contributed by atoms with Crippen LogP contribution in [0.15, 0.2) is 72.9 Å². The molecule has 0 amide bonds. The molecule has 0 radical (unpaired) electrons. The summed E-state index contributed by atoms with van der Waals surface area (Å²) < 4.78 is 7.88. The number of benzene rings is 2. The van der Waals surface area contributed by atoms with E-state index in [0.29, 0.717) is 12.3 Å².